The van der Waals surface area contributed by atoms with E-state index >= 15 is 0 Å². The lowest BCUT2D eigenvalue weighted by Gasteiger charge is -2.20. The van der Waals surface area contributed by atoms with Crippen molar-refractivity contribution in [3.63, 3.8) is 0 Å². The molecule has 0 saturated heterocycles. The Kier molecular flexibility index (Phi) is 4.52. The highest BCUT2D eigenvalue weighted by molar-refractivity contribution is 6.30. The molecule has 1 N–H and O–H groups in total. The summed E-state index contributed by atoms with van der Waals surface area (Å²) in [5.74, 6) is -1.95. The maximum Gasteiger partial charge on any atom is 0.341 e. The van der Waals surface area contributed by atoms with Gasteiger partial charge in [-0.15, -0.1) is 0 Å². The van der Waals surface area contributed by atoms with Crippen molar-refractivity contribution in [2.75, 3.05) is 11.9 Å². The van der Waals surface area contributed by atoms with E-state index in [0.29, 0.717) is 5.56 Å². The van der Waals surface area contributed by atoms with Crippen molar-refractivity contribution in [1.29, 1.82) is 0 Å². The van der Waals surface area contributed by atoms with Gasteiger partial charge in [-0.3, -0.25) is 19.1 Å². The van der Waals surface area contributed by atoms with Crippen molar-refractivity contribution in [3.05, 3.63) is 82.7 Å². The Morgan fingerprint density at radius 1 is 1.00 bits per heavy atom. The summed E-state index contributed by atoms with van der Waals surface area (Å²) in [4.78, 5) is 49.8. The number of nitrogens with zero attached hydrogens (tertiary/aromatic N) is 2. The largest absolute Gasteiger partial charge is 0.452 e. The zero-order chi connectivity index (χ0) is 20.5. The topological polar surface area (TPSA) is 107 Å². The lowest BCUT2D eigenvalue weighted by Crippen LogP contribution is -2.26. The average molecular weight is 389 g/mol. The van der Waals surface area contributed by atoms with Crippen molar-refractivity contribution in [2.24, 2.45) is 7.05 Å². The van der Waals surface area contributed by atoms with Gasteiger partial charge in [-0.25, -0.2) is 4.79 Å². The van der Waals surface area contributed by atoms with E-state index in [4.69, 9.17) is 4.74 Å². The number of hydrogen-bond donors (Lipinski definition) is 1. The lowest BCUT2D eigenvalue weighted by atomic mass is 9.83. The molecule has 29 heavy (non-hydrogen) atoms. The second kappa shape index (κ2) is 7.16. The van der Waals surface area contributed by atoms with Gasteiger partial charge in [0, 0.05) is 29.9 Å². The molecule has 0 saturated carbocycles. The number of carbonyl (C=O) groups excluding carboxylic acids is 4. The van der Waals surface area contributed by atoms with E-state index in [1.54, 1.807) is 43.4 Å². The molecule has 1 amide bonds. The van der Waals surface area contributed by atoms with Crippen molar-refractivity contribution < 1.29 is 23.9 Å². The number of amides is 1. The summed E-state index contributed by atoms with van der Waals surface area (Å²) in [6, 6.07) is 11.2. The number of rotatable bonds is 4. The molecule has 0 fully saturated rings. The van der Waals surface area contributed by atoms with Gasteiger partial charge < -0.3 is 10.1 Å². The van der Waals surface area contributed by atoms with Crippen molar-refractivity contribution >= 4 is 29.1 Å². The number of aryl methyl sites for hydroxylation is 1. The third kappa shape index (κ3) is 3.31. The molecule has 1 heterocycles. The fourth-order valence-corrected chi connectivity index (χ4v) is 3.18. The molecule has 1 aromatic heterocycles. The van der Waals surface area contributed by atoms with Gasteiger partial charge >= 0.3 is 5.97 Å². The number of nitrogens with one attached hydrogen (secondary N) is 1. The van der Waals surface area contributed by atoms with Gasteiger partial charge in [-0.1, -0.05) is 36.4 Å². The molecule has 0 aliphatic heterocycles. The predicted molar refractivity (Wildman–Crippen MR) is 102 cm³/mol. The molecular formula is C21H15N3O5. The number of carbonyl (C=O) groups is 4. The van der Waals surface area contributed by atoms with Gasteiger partial charge in [-0.05, 0) is 6.07 Å². The first-order chi connectivity index (χ1) is 14.0. The molecule has 0 radical (unpaired) electrons. The second-order valence-electron chi connectivity index (χ2n) is 6.46. The van der Waals surface area contributed by atoms with Crippen molar-refractivity contribution in [1.82, 2.24) is 9.78 Å². The summed E-state index contributed by atoms with van der Waals surface area (Å²) >= 11 is 0. The van der Waals surface area contributed by atoms with Crippen LogP contribution in [0.2, 0.25) is 0 Å². The molecule has 144 valence electrons. The van der Waals surface area contributed by atoms with Crippen LogP contribution in [0.4, 0.5) is 5.69 Å². The Hall–Kier alpha value is -4.07. The zero-order valence-corrected chi connectivity index (χ0v) is 15.3. The van der Waals surface area contributed by atoms with Crippen LogP contribution in [0.1, 0.15) is 42.2 Å². The summed E-state index contributed by atoms with van der Waals surface area (Å²) in [6.07, 6.45) is 2.80. The fourth-order valence-electron chi connectivity index (χ4n) is 3.18. The van der Waals surface area contributed by atoms with E-state index in [1.807, 2.05) is 0 Å². The molecule has 3 aromatic rings. The third-order valence-electron chi connectivity index (χ3n) is 4.50. The monoisotopic (exact) mass is 389 g/mol. The number of fused-ring (bicyclic) bond motifs is 2. The Balaban J connectivity index is 1.53. The maximum atomic E-state index is 12.9. The van der Waals surface area contributed by atoms with Crippen molar-refractivity contribution in [3.8, 4) is 0 Å². The molecule has 0 spiro atoms. The number of ketones is 2. The minimum Gasteiger partial charge on any atom is -0.452 e. The van der Waals surface area contributed by atoms with E-state index < -0.39 is 18.5 Å². The van der Waals surface area contributed by atoms with Crippen LogP contribution in [0, 0.1) is 0 Å². The minimum atomic E-state index is -0.691. The van der Waals surface area contributed by atoms with Gasteiger partial charge in [0.05, 0.1) is 23.0 Å². The van der Waals surface area contributed by atoms with E-state index in [2.05, 4.69) is 10.4 Å². The molecule has 0 unspecified atom stereocenters. The van der Waals surface area contributed by atoms with E-state index in [1.165, 1.54) is 23.1 Å². The summed E-state index contributed by atoms with van der Waals surface area (Å²) in [5, 5.41) is 6.41. The highest BCUT2D eigenvalue weighted by Crippen LogP contribution is 2.31. The number of aromatic nitrogens is 2. The molecule has 1 aliphatic carbocycles. The fraction of sp³-hybridized carbons (Fsp3) is 0.0952. The Morgan fingerprint density at radius 3 is 2.38 bits per heavy atom. The lowest BCUT2D eigenvalue weighted by molar-refractivity contribution is -0.119. The average Bonchev–Trinajstić information content (AvgIpc) is 3.16. The number of benzene rings is 2. The first-order valence-electron chi connectivity index (χ1n) is 8.73. The molecule has 0 bridgehead atoms. The number of esters is 1. The van der Waals surface area contributed by atoms with Crippen LogP contribution in [0.5, 0.6) is 0 Å². The summed E-state index contributed by atoms with van der Waals surface area (Å²) in [6.45, 7) is -0.546. The Morgan fingerprint density at radius 2 is 1.69 bits per heavy atom. The summed E-state index contributed by atoms with van der Waals surface area (Å²) in [7, 11) is 1.65. The highest BCUT2D eigenvalue weighted by atomic mass is 16.5. The zero-order valence-electron chi connectivity index (χ0n) is 15.3. The van der Waals surface area contributed by atoms with Gasteiger partial charge in [0.2, 0.25) is 0 Å². The van der Waals surface area contributed by atoms with Gasteiger partial charge in [0.25, 0.3) is 5.91 Å². The van der Waals surface area contributed by atoms with Gasteiger partial charge in [-0.2, -0.15) is 5.10 Å². The number of ether oxygens (including phenoxy) is 1. The second-order valence-corrected chi connectivity index (χ2v) is 6.46. The maximum absolute atomic E-state index is 12.9. The molecule has 8 heteroatoms. The van der Waals surface area contributed by atoms with Crippen LogP contribution in [0.15, 0.2) is 54.9 Å². The van der Waals surface area contributed by atoms with Crippen LogP contribution < -0.4 is 5.32 Å². The van der Waals surface area contributed by atoms with Crippen LogP contribution in [0.25, 0.3) is 0 Å². The summed E-state index contributed by atoms with van der Waals surface area (Å²) < 4.78 is 6.41. The molecule has 0 atom stereocenters. The predicted octanol–water partition coefficient (Wildman–Crippen LogP) is 1.99. The van der Waals surface area contributed by atoms with E-state index in [0.717, 1.165) is 0 Å². The standard InChI is InChI=1S/C21H15N3O5/c1-24-10-12(9-22-24)21(28)29-11-17(25)23-16-8-4-7-15-18(16)20(27)14-6-3-2-5-13(14)19(15)26/h2-10H,11H2,1H3,(H,23,25). The molecule has 2 aromatic carbocycles. The van der Waals surface area contributed by atoms with Crippen LogP contribution >= 0.6 is 0 Å². The molecular weight excluding hydrogens is 374 g/mol. The Bertz CT molecular complexity index is 1180. The van der Waals surface area contributed by atoms with Gasteiger partial charge in [0.15, 0.2) is 18.2 Å². The molecule has 1 aliphatic rings. The first kappa shape index (κ1) is 18.3. The van der Waals surface area contributed by atoms with Crippen LogP contribution in [-0.2, 0) is 16.6 Å². The smallest absolute Gasteiger partial charge is 0.341 e. The highest BCUT2D eigenvalue weighted by Gasteiger charge is 2.31. The Labute approximate surface area is 165 Å². The van der Waals surface area contributed by atoms with E-state index in [-0.39, 0.29) is 39.5 Å². The van der Waals surface area contributed by atoms with Gasteiger partial charge in [0.1, 0.15) is 0 Å². The summed E-state index contributed by atoms with van der Waals surface area (Å²) in [5.41, 5.74) is 1.38. The number of hydrogen-bond acceptors (Lipinski definition) is 6. The molecule has 8 nitrogen and oxygen atoms in total. The minimum absolute atomic E-state index is 0.128. The van der Waals surface area contributed by atoms with Crippen molar-refractivity contribution in [2.45, 2.75) is 0 Å². The third-order valence-corrected chi connectivity index (χ3v) is 4.50. The molecule has 4 rings (SSSR count). The van der Waals surface area contributed by atoms with Crippen LogP contribution in [-0.4, -0.2) is 39.8 Å². The normalized spacial score (nSPS) is 12.2. The SMILES string of the molecule is Cn1cc(C(=O)OCC(=O)Nc2cccc3c2C(=O)c2ccccc2C3=O)cn1. The number of anilines is 1. The van der Waals surface area contributed by atoms with E-state index in [9.17, 15) is 19.2 Å². The van der Waals surface area contributed by atoms with Crippen LogP contribution in [0.3, 0.4) is 0 Å². The first-order valence-corrected chi connectivity index (χ1v) is 8.73. The quantitative estimate of drug-likeness (QED) is 0.535.